The van der Waals surface area contributed by atoms with Crippen LogP contribution in [-0.2, 0) is 9.47 Å². The van der Waals surface area contributed by atoms with E-state index >= 15 is 0 Å². The third-order valence-electron chi connectivity index (χ3n) is 2.24. The van der Waals surface area contributed by atoms with Crippen LogP contribution < -0.4 is 0 Å². The number of carbonyl (C=O) groups excluding carboxylic acids is 1. The van der Waals surface area contributed by atoms with Gasteiger partial charge in [-0.05, 0) is 33.3 Å². The van der Waals surface area contributed by atoms with E-state index in [0.717, 1.165) is 0 Å². The third-order valence-corrected chi connectivity index (χ3v) is 2.24. The van der Waals surface area contributed by atoms with Gasteiger partial charge in [-0.3, -0.25) is 0 Å². The first-order chi connectivity index (χ1) is 9.32. The summed E-state index contributed by atoms with van der Waals surface area (Å²) in [7, 11) is -2.58. The number of amides is 1. The molecule has 0 aromatic heterocycles. The Morgan fingerprint density at radius 1 is 1.50 bits per heavy atom. The molecular weight excluding hydrogens is 230 g/mol. The summed E-state index contributed by atoms with van der Waals surface area (Å²) in [5.74, 6) is 5.48. The van der Waals surface area contributed by atoms with Gasteiger partial charge in [-0.15, -0.1) is 0 Å². The van der Waals surface area contributed by atoms with Crippen LogP contribution in [0.3, 0.4) is 0 Å². The van der Waals surface area contributed by atoms with E-state index in [-0.39, 0.29) is 13.1 Å². The van der Waals surface area contributed by atoms with Crippen molar-refractivity contribution in [2.75, 3.05) is 20.1 Å². The predicted octanol–water partition coefficient (Wildman–Crippen LogP) is 2.20. The van der Waals surface area contributed by atoms with Gasteiger partial charge in [-0.1, -0.05) is 18.4 Å². The lowest BCUT2D eigenvalue weighted by Gasteiger charge is -2.45. The number of carbonyl (C=O) groups is 1. The number of rotatable bonds is 1. The van der Waals surface area contributed by atoms with E-state index in [1.54, 1.807) is 27.7 Å². The molecule has 0 unspecified atom stereocenters. The van der Waals surface area contributed by atoms with Crippen LogP contribution in [-0.4, -0.2) is 42.3 Å². The minimum atomic E-state index is -2.58. The molecule has 100 valence electrons. The molecule has 18 heavy (non-hydrogen) atoms. The fourth-order valence-corrected chi connectivity index (χ4v) is 1.42. The minimum absolute atomic E-state index is 0.0561. The van der Waals surface area contributed by atoms with Gasteiger partial charge in [0, 0.05) is 7.04 Å². The van der Waals surface area contributed by atoms with E-state index in [4.69, 9.17) is 13.6 Å². The van der Waals surface area contributed by atoms with Crippen LogP contribution in [0.4, 0.5) is 4.79 Å². The van der Waals surface area contributed by atoms with E-state index in [9.17, 15) is 4.79 Å². The minimum Gasteiger partial charge on any atom is -0.444 e. The van der Waals surface area contributed by atoms with Gasteiger partial charge in [0.05, 0.1) is 17.2 Å². The number of hydrogen-bond acceptors (Lipinski definition) is 3. The second-order valence-corrected chi connectivity index (χ2v) is 5.46. The second kappa shape index (κ2) is 5.03. The quantitative estimate of drug-likeness (QED) is 0.673. The highest BCUT2D eigenvalue weighted by Crippen LogP contribution is 2.26. The summed E-state index contributed by atoms with van der Waals surface area (Å²) in [6, 6.07) is 0. The molecule has 1 amide bonds. The van der Waals surface area contributed by atoms with Crippen molar-refractivity contribution in [3.63, 3.8) is 0 Å². The van der Waals surface area contributed by atoms with Crippen molar-refractivity contribution < 1.29 is 18.4 Å². The van der Waals surface area contributed by atoms with Crippen LogP contribution in [0.2, 0.25) is 0 Å². The van der Waals surface area contributed by atoms with Crippen LogP contribution in [0.5, 0.6) is 0 Å². The molecule has 0 spiro atoms. The summed E-state index contributed by atoms with van der Waals surface area (Å²) in [6.45, 7) is 10.7. The van der Waals surface area contributed by atoms with Crippen molar-refractivity contribution >= 4 is 6.09 Å². The molecule has 1 fully saturated rings. The van der Waals surface area contributed by atoms with Gasteiger partial charge in [-0.25, -0.2) is 4.79 Å². The average molecular weight is 254 g/mol. The van der Waals surface area contributed by atoms with Crippen molar-refractivity contribution in [3.05, 3.63) is 12.2 Å². The number of methoxy groups -OCH3 is 1. The zero-order chi connectivity index (χ0) is 16.5. The molecule has 1 aliphatic heterocycles. The number of ether oxygens (including phenoxy) is 2. The van der Waals surface area contributed by atoms with Crippen molar-refractivity contribution in [1.29, 1.82) is 0 Å². The summed E-state index contributed by atoms with van der Waals surface area (Å²) in [5, 5.41) is 0. The van der Waals surface area contributed by atoms with Gasteiger partial charge in [0.2, 0.25) is 0 Å². The van der Waals surface area contributed by atoms with Crippen LogP contribution in [0.25, 0.3) is 0 Å². The molecule has 4 heteroatoms. The predicted molar refractivity (Wildman–Crippen MR) is 70.1 cm³/mol. The highest BCUT2D eigenvalue weighted by Gasteiger charge is 2.46. The van der Waals surface area contributed by atoms with Gasteiger partial charge in [0.1, 0.15) is 5.60 Å². The number of allylic oxidation sites excluding steroid dienone is 1. The first-order valence-corrected chi connectivity index (χ1v) is 5.69. The molecule has 1 rings (SSSR count). The van der Waals surface area contributed by atoms with Gasteiger partial charge >= 0.3 is 6.09 Å². The summed E-state index contributed by atoms with van der Waals surface area (Å²) in [5.41, 5.74) is -1.20. The van der Waals surface area contributed by atoms with Crippen molar-refractivity contribution in [1.82, 2.24) is 4.90 Å². The molecule has 0 aromatic rings. The summed E-state index contributed by atoms with van der Waals surface area (Å²) < 4.78 is 31.9. The zero-order valence-electron chi connectivity index (χ0n) is 14.3. The van der Waals surface area contributed by atoms with Crippen molar-refractivity contribution in [2.45, 2.75) is 38.9 Å². The lowest BCUT2D eigenvalue weighted by atomic mass is 9.94. The molecular formula is C14H21NO3. The fourth-order valence-electron chi connectivity index (χ4n) is 1.42. The maximum atomic E-state index is 11.9. The highest BCUT2D eigenvalue weighted by molar-refractivity contribution is 5.70. The Hall–Kier alpha value is -1.47. The number of hydrogen-bond donors (Lipinski definition) is 0. The largest absolute Gasteiger partial charge is 0.444 e. The Labute approximate surface area is 113 Å². The molecule has 0 radical (unpaired) electrons. The Kier molecular flexibility index (Phi) is 2.92. The highest BCUT2D eigenvalue weighted by atomic mass is 16.6. The summed E-state index contributed by atoms with van der Waals surface area (Å²) >= 11 is 0. The van der Waals surface area contributed by atoms with Crippen LogP contribution in [0.15, 0.2) is 12.2 Å². The fraction of sp³-hybridized carbons (Fsp3) is 0.643. The molecule has 0 N–H and O–H groups in total. The molecule has 1 saturated heterocycles. The Balaban J connectivity index is 2.77. The van der Waals surface area contributed by atoms with Crippen LogP contribution in [0.1, 0.15) is 31.8 Å². The number of nitrogens with zero attached hydrogens (tertiary/aromatic N) is 1. The van der Waals surface area contributed by atoms with Crippen LogP contribution in [0, 0.1) is 11.8 Å². The lowest BCUT2D eigenvalue weighted by molar-refractivity contribution is -0.0851. The summed E-state index contributed by atoms with van der Waals surface area (Å²) in [4.78, 5) is 13.2. The van der Waals surface area contributed by atoms with Gasteiger partial charge < -0.3 is 14.4 Å². The first kappa shape index (κ1) is 10.5. The molecule has 1 aliphatic rings. The monoisotopic (exact) mass is 254 g/mol. The Bertz CT molecular complexity index is 488. The number of likely N-dealkylation sites (tertiary alicyclic amines) is 1. The second-order valence-electron chi connectivity index (χ2n) is 5.46. The topological polar surface area (TPSA) is 38.8 Å². The van der Waals surface area contributed by atoms with Crippen molar-refractivity contribution in [2.24, 2.45) is 0 Å². The van der Waals surface area contributed by atoms with E-state index in [1.807, 2.05) is 0 Å². The van der Waals surface area contributed by atoms with E-state index < -0.39 is 24.3 Å². The van der Waals surface area contributed by atoms with E-state index in [2.05, 4.69) is 18.4 Å². The molecule has 0 atom stereocenters. The maximum Gasteiger partial charge on any atom is 0.410 e. The van der Waals surface area contributed by atoms with Crippen LogP contribution >= 0.6 is 0 Å². The first-order valence-electron chi connectivity index (χ1n) is 7.19. The molecule has 0 saturated carbocycles. The molecule has 0 aliphatic carbocycles. The molecule has 0 bridgehead atoms. The standard InChI is InChI=1S/C14H21NO3/c1-11(2)7-8-14(17-6)9-15(10-14)12(16)18-13(3,4)5/h1,9-10H2,2-6H3/i6D3. The normalized spacial score (nSPS) is 20.4. The van der Waals surface area contributed by atoms with E-state index in [0.29, 0.717) is 5.57 Å². The van der Waals surface area contributed by atoms with E-state index in [1.165, 1.54) is 4.90 Å². The Morgan fingerprint density at radius 3 is 2.56 bits per heavy atom. The van der Waals surface area contributed by atoms with Gasteiger partial charge in [0.15, 0.2) is 5.60 Å². The molecule has 1 heterocycles. The third kappa shape index (κ3) is 3.78. The molecule has 0 aromatic carbocycles. The molecule has 4 nitrogen and oxygen atoms in total. The van der Waals surface area contributed by atoms with Gasteiger partial charge in [0.25, 0.3) is 0 Å². The van der Waals surface area contributed by atoms with Crippen molar-refractivity contribution in [3.8, 4) is 11.8 Å². The lowest BCUT2D eigenvalue weighted by Crippen LogP contribution is -2.64. The smallest absolute Gasteiger partial charge is 0.410 e. The summed E-state index contributed by atoms with van der Waals surface area (Å²) in [6.07, 6.45) is -0.510. The average Bonchev–Trinajstić information content (AvgIpc) is 2.16. The SMILES string of the molecule is [2H]C([2H])([2H])OC1(C#CC(=C)C)CN(C(=O)OC(C)(C)C)C1. The zero-order valence-corrected chi connectivity index (χ0v) is 11.3. The Morgan fingerprint density at radius 2 is 2.11 bits per heavy atom. The van der Waals surface area contributed by atoms with Gasteiger partial charge in [-0.2, -0.15) is 0 Å². The maximum absolute atomic E-state index is 11.9.